The third-order valence-corrected chi connectivity index (χ3v) is 3.98. The number of ether oxygens (including phenoxy) is 1. The molecule has 3 aromatic rings. The highest BCUT2D eigenvalue weighted by molar-refractivity contribution is 6.06. The molecule has 7 heteroatoms. The first-order valence-corrected chi connectivity index (χ1v) is 7.84. The largest absolute Gasteiger partial charge is 0.494 e. The van der Waals surface area contributed by atoms with Crippen LogP contribution in [0, 0.1) is 18.2 Å². The second-order valence-electron chi connectivity index (χ2n) is 5.61. The molecule has 132 valence electrons. The molecule has 0 saturated carbocycles. The summed E-state index contributed by atoms with van der Waals surface area (Å²) in [5.74, 6) is -0.369. The van der Waals surface area contributed by atoms with Crippen LogP contribution in [0.15, 0.2) is 42.5 Å². The smallest absolute Gasteiger partial charge is 0.213 e. The molecule has 26 heavy (non-hydrogen) atoms. The lowest BCUT2D eigenvalue weighted by molar-refractivity contribution is -0.108. The van der Waals surface area contributed by atoms with Crippen molar-refractivity contribution < 1.29 is 13.9 Å². The van der Waals surface area contributed by atoms with Gasteiger partial charge in [-0.3, -0.25) is 15.5 Å². The molecule has 3 rings (SSSR count). The Kier molecular flexibility index (Phi) is 4.79. The fraction of sp³-hybridized carbons (Fsp3) is 0.105. The Labute approximate surface area is 149 Å². The van der Waals surface area contributed by atoms with Crippen LogP contribution in [0.5, 0.6) is 5.75 Å². The number of pyridine rings is 1. The van der Waals surface area contributed by atoms with Crippen molar-refractivity contribution in [1.82, 2.24) is 10.3 Å². The zero-order chi connectivity index (χ0) is 18.7. The molecule has 0 atom stereocenters. The van der Waals surface area contributed by atoms with E-state index in [0.717, 1.165) is 11.1 Å². The van der Waals surface area contributed by atoms with Crippen molar-refractivity contribution in [3.8, 4) is 17.0 Å². The molecule has 0 radical (unpaired) electrons. The molecule has 0 aliphatic carbocycles. The first-order chi connectivity index (χ1) is 12.5. The Balaban J connectivity index is 2.30. The van der Waals surface area contributed by atoms with Crippen LogP contribution in [0.25, 0.3) is 22.2 Å². The predicted molar refractivity (Wildman–Crippen MR) is 99.0 cm³/mol. The summed E-state index contributed by atoms with van der Waals surface area (Å²) in [6.45, 7) is 1.95. The van der Waals surface area contributed by atoms with Gasteiger partial charge in [-0.2, -0.15) is 0 Å². The molecule has 1 amide bonds. The number of anilines is 1. The molecular formula is C19H17FN4O2. The number of halogens is 1. The number of rotatable bonds is 4. The fourth-order valence-corrected chi connectivity index (χ4v) is 2.77. The van der Waals surface area contributed by atoms with E-state index in [1.54, 1.807) is 6.07 Å². The number of carbonyl (C=O) groups excluding carboxylic acids is 1. The van der Waals surface area contributed by atoms with Crippen LogP contribution in [0.4, 0.5) is 10.1 Å². The molecule has 0 spiro atoms. The third kappa shape index (κ3) is 3.19. The Hall–Kier alpha value is -3.48. The van der Waals surface area contributed by atoms with Gasteiger partial charge < -0.3 is 10.1 Å². The minimum absolute atomic E-state index is 0.180. The summed E-state index contributed by atoms with van der Waals surface area (Å²) in [6, 6.07) is 12.1. The summed E-state index contributed by atoms with van der Waals surface area (Å²) in [6.07, 6.45) is 0.373. The van der Waals surface area contributed by atoms with Gasteiger partial charge in [-0.1, -0.05) is 24.3 Å². The van der Waals surface area contributed by atoms with Gasteiger partial charge in [0, 0.05) is 5.56 Å². The molecule has 0 bridgehead atoms. The molecular weight excluding hydrogens is 335 g/mol. The normalized spacial score (nSPS) is 10.4. The molecule has 2 aromatic carbocycles. The van der Waals surface area contributed by atoms with Crippen molar-refractivity contribution in [3.05, 3.63) is 53.8 Å². The van der Waals surface area contributed by atoms with E-state index in [4.69, 9.17) is 10.1 Å². The molecule has 0 aliphatic rings. The van der Waals surface area contributed by atoms with Crippen molar-refractivity contribution in [2.75, 3.05) is 12.4 Å². The zero-order valence-corrected chi connectivity index (χ0v) is 14.3. The highest BCUT2D eigenvalue weighted by Gasteiger charge is 2.16. The quantitative estimate of drug-likeness (QED) is 0.381. The molecule has 3 N–H and O–H groups in total. The standard InChI is InChI=1S/C19H17FN4O2/c1-11-5-3-4-6-12(11)14-9-15(24-19(21)22-10-25)17-13(20)7-8-16(26-2)18(17)23-14/h3-10H,1-2H3,(H3,21,22,23,24,25). The molecule has 0 unspecified atom stereocenters. The maximum Gasteiger partial charge on any atom is 0.213 e. The first kappa shape index (κ1) is 17.3. The minimum atomic E-state index is -0.508. The van der Waals surface area contributed by atoms with E-state index in [-0.39, 0.29) is 11.3 Å². The average molecular weight is 352 g/mol. The summed E-state index contributed by atoms with van der Waals surface area (Å²) in [5, 5.41) is 12.8. The van der Waals surface area contributed by atoms with Crippen LogP contribution in [-0.2, 0) is 4.79 Å². The van der Waals surface area contributed by atoms with Crippen molar-refractivity contribution >= 4 is 29.0 Å². The van der Waals surface area contributed by atoms with Gasteiger partial charge in [0.15, 0.2) is 5.96 Å². The summed E-state index contributed by atoms with van der Waals surface area (Å²) in [4.78, 5) is 15.2. The summed E-state index contributed by atoms with van der Waals surface area (Å²) in [5.41, 5.74) is 3.11. The summed E-state index contributed by atoms with van der Waals surface area (Å²) < 4.78 is 19.8. The monoisotopic (exact) mass is 352 g/mol. The number of nitrogens with one attached hydrogen (secondary N) is 3. The highest BCUT2D eigenvalue weighted by atomic mass is 19.1. The minimum Gasteiger partial charge on any atom is -0.494 e. The number of aromatic nitrogens is 1. The van der Waals surface area contributed by atoms with Crippen molar-refractivity contribution in [2.24, 2.45) is 0 Å². The number of aryl methyl sites for hydroxylation is 1. The van der Waals surface area contributed by atoms with E-state index < -0.39 is 5.82 Å². The zero-order valence-electron chi connectivity index (χ0n) is 14.3. The lowest BCUT2D eigenvalue weighted by Crippen LogP contribution is -2.28. The van der Waals surface area contributed by atoms with E-state index >= 15 is 0 Å². The van der Waals surface area contributed by atoms with Crippen LogP contribution in [0.1, 0.15) is 5.56 Å². The maximum absolute atomic E-state index is 14.5. The van der Waals surface area contributed by atoms with Crippen molar-refractivity contribution in [2.45, 2.75) is 6.92 Å². The van der Waals surface area contributed by atoms with E-state index in [1.165, 1.54) is 19.2 Å². The number of nitrogens with zero attached hydrogens (tertiary/aromatic N) is 1. The van der Waals surface area contributed by atoms with Gasteiger partial charge in [0.05, 0.1) is 23.9 Å². The number of methoxy groups -OCH3 is 1. The van der Waals surface area contributed by atoms with Gasteiger partial charge in [0.2, 0.25) is 6.41 Å². The maximum atomic E-state index is 14.5. The van der Waals surface area contributed by atoms with Crippen LogP contribution in [0.3, 0.4) is 0 Å². The van der Waals surface area contributed by atoms with Gasteiger partial charge in [0.1, 0.15) is 17.1 Å². The third-order valence-electron chi connectivity index (χ3n) is 3.98. The Morgan fingerprint density at radius 3 is 2.73 bits per heavy atom. The second-order valence-corrected chi connectivity index (χ2v) is 5.61. The van der Waals surface area contributed by atoms with Gasteiger partial charge in [-0.15, -0.1) is 0 Å². The highest BCUT2D eigenvalue weighted by Crippen LogP contribution is 2.35. The van der Waals surface area contributed by atoms with Crippen LogP contribution < -0.4 is 15.4 Å². The van der Waals surface area contributed by atoms with Crippen LogP contribution >= 0.6 is 0 Å². The lowest BCUT2D eigenvalue weighted by atomic mass is 10.0. The van der Waals surface area contributed by atoms with Crippen LogP contribution in [0.2, 0.25) is 0 Å². The van der Waals surface area contributed by atoms with E-state index in [9.17, 15) is 9.18 Å². The molecule has 0 aliphatic heterocycles. The summed E-state index contributed by atoms with van der Waals surface area (Å²) >= 11 is 0. The number of benzene rings is 2. The first-order valence-electron chi connectivity index (χ1n) is 7.84. The average Bonchev–Trinajstić information content (AvgIpc) is 2.62. The Morgan fingerprint density at radius 2 is 2.04 bits per heavy atom. The second kappa shape index (κ2) is 7.18. The van der Waals surface area contributed by atoms with E-state index in [1.807, 2.05) is 31.2 Å². The Morgan fingerprint density at radius 1 is 1.27 bits per heavy atom. The SMILES string of the molecule is COc1ccc(F)c2c(NC(=N)NC=O)cc(-c3ccccc3C)nc12. The van der Waals surface area contributed by atoms with E-state index in [0.29, 0.717) is 29.1 Å². The van der Waals surface area contributed by atoms with Gasteiger partial charge in [-0.25, -0.2) is 9.37 Å². The molecule has 1 aromatic heterocycles. The van der Waals surface area contributed by atoms with Gasteiger partial charge in [-0.05, 0) is 30.7 Å². The van der Waals surface area contributed by atoms with Crippen molar-refractivity contribution in [1.29, 1.82) is 5.41 Å². The lowest BCUT2D eigenvalue weighted by Gasteiger charge is -2.15. The molecule has 0 saturated heterocycles. The molecule has 1 heterocycles. The number of fused-ring (bicyclic) bond motifs is 1. The molecule has 6 nitrogen and oxygen atoms in total. The Bertz CT molecular complexity index is 1000. The predicted octanol–water partition coefficient (Wildman–Crippen LogP) is 3.45. The number of carbonyl (C=O) groups is 1. The van der Waals surface area contributed by atoms with Crippen LogP contribution in [-0.4, -0.2) is 24.5 Å². The topological polar surface area (TPSA) is 87.1 Å². The van der Waals surface area contributed by atoms with Crippen molar-refractivity contribution in [3.63, 3.8) is 0 Å². The number of amides is 1. The van der Waals surface area contributed by atoms with E-state index in [2.05, 4.69) is 15.6 Å². The number of hydrogen-bond donors (Lipinski definition) is 3. The number of guanidine groups is 1. The summed E-state index contributed by atoms with van der Waals surface area (Å²) in [7, 11) is 1.48. The van der Waals surface area contributed by atoms with Gasteiger partial charge in [0.25, 0.3) is 0 Å². The van der Waals surface area contributed by atoms with Gasteiger partial charge >= 0.3 is 0 Å². The fourth-order valence-electron chi connectivity index (χ4n) is 2.77. The molecule has 0 fully saturated rings. The number of hydrogen-bond acceptors (Lipinski definition) is 4.